The van der Waals surface area contributed by atoms with Crippen LogP contribution in [0.1, 0.15) is 44.7 Å². The number of amides is 2. The van der Waals surface area contributed by atoms with Crippen molar-refractivity contribution in [1.29, 1.82) is 0 Å². The van der Waals surface area contributed by atoms with E-state index in [1.807, 2.05) is 66.4 Å². The first-order valence-corrected chi connectivity index (χ1v) is 12.4. The van der Waals surface area contributed by atoms with E-state index in [4.69, 9.17) is 0 Å². The van der Waals surface area contributed by atoms with Crippen LogP contribution in [0.15, 0.2) is 91.1 Å². The molecule has 36 heavy (non-hydrogen) atoms. The van der Waals surface area contributed by atoms with Gasteiger partial charge in [-0.25, -0.2) is 4.68 Å². The number of piperidine rings is 1. The van der Waals surface area contributed by atoms with Crippen LogP contribution >= 0.6 is 0 Å². The van der Waals surface area contributed by atoms with Gasteiger partial charge in [0.05, 0.1) is 11.9 Å². The molecular formula is C30H30N4O2. The molecule has 0 radical (unpaired) electrons. The summed E-state index contributed by atoms with van der Waals surface area (Å²) in [5, 5.41) is 7.49. The lowest BCUT2D eigenvalue weighted by atomic mass is 9.90. The van der Waals surface area contributed by atoms with Crippen molar-refractivity contribution >= 4 is 17.6 Å². The van der Waals surface area contributed by atoms with Gasteiger partial charge in [-0.1, -0.05) is 66.7 Å². The monoisotopic (exact) mass is 478 g/mol. The highest BCUT2D eigenvalue weighted by atomic mass is 16.2. The number of carbonyl (C=O) groups excluding carboxylic acids is 2. The molecule has 0 saturated carbocycles. The molecule has 0 unspecified atom stereocenters. The van der Waals surface area contributed by atoms with Gasteiger partial charge < -0.3 is 10.2 Å². The topological polar surface area (TPSA) is 67.2 Å². The first-order valence-electron chi connectivity index (χ1n) is 12.4. The minimum atomic E-state index is -0.263. The third-order valence-electron chi connectivity index (χ3n) is 6.89. The summed E-state index contributed by atoms with van der Waals surface area (Å²) in [5.41, 5.74) is 3.96. The maximum atomic E-state index is 13.6. The Morgan fingerprint density at radius 2 is 1.50 bits per heavy atom. The van der Waals surface area contributed by atoms with E-state index in [0.29, 0.717) is 36.0 Å². The van der Waals surface area contributed by atoms with Crippen molar-refractivity contribution in [2.24, 2.45) is 5.92 Å². The zero-order chi connectivity index (χ0) is 24.9. The van der Waals surface area contributed by atoms with E-state index in [9.17, 15) is 9.59 Å². The summed E-state index contributed by atoms with van der Waals surface area (Å²) in [7, 11) is 0. The number of likely N-dealkylation sites (tertiary alicyclic amines) is 1. The number of aromatic nitrogens is 2. The van der Waals surface area contributed by atoms with E-state index >= 15 is 0 Å². The van der Waals surface area contributed by atoms with Crippen molar-refractivity contribution in [2.75, 3.05) is 18.4 Å². The third kappa shape index (κ3) is 5.08. The molecule has 6 nitrogen and oxygen atoms in total. The first kappa shape index (κ1) is 23.5. The van der Waals surface area contributed by atoms with Crippen molar-refractivity contribution in [3.8, 4) is 5.69 Å². The number of aryl methyl sites for hydroxylation is 1. The van der Waals surface area contributed by atoms with Crippen molar-refractivity contribution in [3.05, 3.63) is 113 Å². The van der Waals surface area contributed by atoms with Crippen molar-refractivity contribution < 1.29 is 9.59 Å². The van der Waals surface area contributed by atoms with Crippen LogP contribution < -0.4 is 5.32 Å². The Hall–Kier alpha value is -4.19. The van der Waals surface area contributed by atoms with Crippen LogP contribution in [0.4, 0.5) is 5.82 Å². The Bertz CT molecular complexity index is 1340. The summed E-state index contributed by atoms with van der Waals surface area (Å²) >= 11 is 0. The molecule has 5 rings (SSSR count). The second-order valence-corrected chi connectivity index (χ2v) is 9.35. The summed E-state index contributed by atoms with van der Waals surface area (Å²) in [6, 6.07) is 27.5. The van der Waals surface area contributed by atoms with Gasteiger partial charge in [0.25, 0.3) is 11.8 Å². The number of para-hydroxylation sites is 1. The summed E-state index contributed by atoms with van der Waals surface area (Å²) in [4.78, 5) is 28.7. The van der Waals surface area contributed by atoms with Crippen LogP contribution in [-0.2, 0) is 6.42 Å². The smallest absolute Gasteiger partial charge is 0.259 e. The van der Waals surface area contributed by atoms with E-state index in [2.05, 4.69) is 34.7 Å². The van der Waals surface area contributed by atoms with E-state index in [0.717, 1.165) is 30.5 Å². The number of hydrogen-bond donors (Lipinski definition) is 1. The van der Waals surface area contributed by atoms with Crippen LogP contribution in [0.25, 0.3) is 5.69 Å². The quantitative estimate of drug-likeness (QED) is 0.396. The molecule has 0 aliphatic carbocycles. The SMILES string of the molecule is Cc1ccccc1C(=O)Nc1c(C(=O)N2CCC(Cc3ccccc3)CC2)cnn1-c1ccccc1. The Kier molecular flexibility index (Phi) is 6.94. The summed E-state index contributed by atoms with van der Waals surface area (Å²) in [6.45, 7) is 3.28. The Morgan fingerprint density at radius 1 is 0.861 bits per heavy atom. The Labute approximate surface area is 211 Å². The molecule has 1 saturated heterocycles. The fraction of sp³-hybridized carbons (Fsp3) is 0.233. The van der Waals surface area contributed by atoms with Crippen molar-refractivity contribution in [3.63, 3.8) is 0 Å². The third-order valence-corrected chi connectivity index (χ3v) is 6.89. The van der Waals surface area contributed by atoms with Crippen LogP contribution in [0.3, 0.4) is 0 Å². The van der Waals surface area contributed by atoms with Crippen molar-refractivity contribution in [2.45, 2.75) is 26.2 Å². The maximum absolute atomic E-state index is 13.6. The average Bonchev–Trinajstić information content (AvgIpc) is 3.33. The summed E-state index contributed by atoms with van der Waals surface area (Å²) < 4.78 is 1.63. The molecular weight excluding hydrogens is 448 g/mol. The van der Waals surface area contributed by atoms with Crippen LogP contribution in [0.5, 0.6) is 0 Å². The number of nitrogens with zero attached hydrogens (tertiary/aromatic N) is 3. The second kappa shape index (κ2) is 10.6. The van der Waals surface area contributed by atoms with Gasteiger partial charge >= 0.3 is 0 Å². The van der Waals surface area contributed by atoms with Gasteiger partial charge in [-0.3, -0.25) is 9.59 Å². The highest BCUT2D eigenvalue weighted by Gasteiger charge is 2.28. The second-order valence-electron chi connectivity index (χ2n) is 9.35. The number of rotatable bonds is 6. The molecule has 1 aliphatic heterocycles. The zero-order valence-electron chi connectivity index (χ0n) is 20.4. The van der Waals surface area contributed by atoms with E-state index in [-0.39, 0.29) is 11.8 Å². The molecule has 1 fully saturated rings. The molecule has 2 heterocycles. The minimum Gasteiger partial charge on any atom is -0.338 e. The number of benzene rings is 3. The number of carbonyl (C=O) groups is 2. The molecule has 182 valence electrons. The molecule has 1 aliphatic rings. The molecule has 1 N–H and O–H groups in total. The van der Waals surface area contributed by atoms with Gasteiger partial charge in [0.15, 0.2) is 0 Å². The van der Waals surface area contributed by atoms with E-state index in [1.54, 1.807) is 16.9 Å². The first-order chi connectivity index (χ1) is 17.6. The number of hydrogen-bond acceptors (Lipinski definition) is 3. The molecule has 0 atom stereocenters. The molecule has 2 amide bonds. The average molecular weight is 479 g/mol. The van der Waals surface area contributed by atoms with Gasteiger partial charge in [-0.05, 0) is 61.4 Å². The van der Waals surface area contributed by atoms with Gasteiger partial charge in [0.2, 0.25) is 0 Å². The Morgan fingerprint density at radius 3 is 2.19 bits per heavy atom. The van der Waals surface area contributed by atoms with Gasteiger partial charge in [-0.2, -0.15) is 5.10 Å². The lowest BCUT2D eigenvalue weighted by Gasteiger charge is -2.32. The van der Waals surface area contributed by atoms with Crippen molar-refractivity contribution in [1.82, 2.24) is 14.7 Å². The predicted octanol–water partition coefficient (Wildman–Crippen LogP) is 5.53. The largest absolute Gasteiger partial charge is 0.338 e. The molecule has 0 spiro atoms. The van der Waals surface area contributed by atoms with Crippen LogP contribution in [0, 0.1) is 12.8 Å². The lowest BCUT2D eigenvalue weighted by Crippen LogP contribution is -2.39. The fourth-order valence-electron chi connectivity index (χ4n) is 4.85. The number of nitrogens with one attached hydrogen (secondary N) is 1. The minimum absolute atomic E-state index is 0.101. The maximum Gasteiger partial charge on any atom is 0.259 e. The predicted molar refractivity (Wildman–Crippen MR) is 141 cm³/mol. The molecule has 0 bridgehead atoms. The van der Waals surface area contributed by atoms with Crippen LogP contribution in [-0.4, -0.2) is 39.6 Å². The van der Waals surface area contributed by atoms with Crippen LogP contribution in [0.2, 0.25) is 0 Å². The summed E-state index contributed by atoms with van der Waals surface area (Å²) in [5.74, 6) is 0.589. The molecule has 1 aromatic heterocycles. The standard InChI is InChI=1S/C30H30N4O2/c1-22-10-8-9-15-26(22)29(35)32-28-27(21-31-34(28)25-13-6-3-7-14-25)30(36)33-18-16-24(17-19-33)20-23-11-4-2-5-12-23/h2-15,21,24H,16-20H2,1H3,(H,32,35). The van der Waals surface area contributed by atoms with Gasteiger partial charge in [0, 0.05) is 18.7 Å². The zero-order valence-corrected chi connectivity index (χ0v) is 20.4. The number of anilines is 1. The lowest BCUT2D eigenvalue weighted by molar-refractivity contribution is 0.0691. The highest BCUT2D eigenvalue weighted by Crippen LogP contribution is 2.27. The summed E-state index contributed by atoms with van der Waals surface area (Å²) in [6.07, 6.45) is 4.52. The normalized spacial score (nSPS) is 14.0. The van der Waals surface area contributed by atoms with Gasteiger partial charge in [0.1, 0.15) is 11.4 Å². The highest BCUT2D eigenvalue weighted by molar-refractivity contribution is 6.09. The molecule has 6 heteroatoms. The Balaban J connectivity index is 1.37. The molecule has 4 aromatic rings. The molecule has 3 aromatic carbocycles. The van der Waals surface area contributed by atoms with E-state index < -0.39 is 0 Å². The fourth-order valence-corrected chi connectivity index (χ4v) is 4.85. The van der Waals surface area contributed by atoms with E-state index in [1.165, 1.54) is 5.56 Å². The van der Waals surface area contributed by atoms with Gasteiger partial charge in [-0.15, -0.1) is 0 Å².